The number of sulfonamides is 1. The first-order valence-corrected chi connectivity index (χ1v) is 11.6. The molecule has 0 aromatic heterocycles. The third kappa shape index (κ3) is 3.91. The Morgan fingerprint density at radius 2 is 1.72 bits per heavy atom. The quantitative estimate of drug-likeness (QED) is 0.688. The van der Waals surface area contributed by atoms with Crippen LogP contribution in [0.1, 0.15) is 57.4 Å². The van der Waals surface area contributed by atoms with Crippen molar-refractivity contribution in [3.63, 3.8) is 0 Å². The van der Waals surface area contributed by atoms with Crippen molar-refractivity contribution >= 4 is 21.6 Å². The standard InChI is InChI=1S/C20H30ClNO2S/c1-3-18-19(21)13-14-22(20(18)16-7-5-4-6-8-16)25(23,24)17-11-9-15(2)10-12-17/h9-12,16,18-20H,3-8,13-14H2,1-2H3/t18-,19-,20+/m1/s1. The highest BCUT2D eigenvalue weighted by atomic mass is 35.5. The second kappa shape index (κ2) is 7.98. The molecule has 0 amide bonds. The van der Waals surface area contributed by atoms with E-state index in [1.165, 1.54) is 19.3 Å². The third-order valence-corrected chi connectivity index (χ3v) is 8.55. The van der Waals surface area contributed by atoms with Crippen molar-refractivity contribution in [2.45, 2.75) is 75.1 Å². The van der Waals surface area contributed by atoms with E-state index in [2.05, 4.69) is 6.92 Å². The van der Waals surface area contributed by atoms with E-state index in [0.29, 0.717) is 17.4 Å². The van der Waals surface area contributed by atoms with Crippen LogP contribution in [0.2, 0.25) is 0 Å². The molecule has 1 aliphatic carbocycles. The van der Waals surface area contributed by atoms with Gasteiger partial charge in [0.1, 0.15) is 0 Å². The minimum Gasteiger partial charge on any atom is -0.207 e. The second-order valence-electron chi connectivity index (χ2n) is 7.69. The Hall–Kier alpha value is -0.580. The van der Waals surface area contributed by atoms with Gasteiger partial charge >= 0.3 is 0 Å². The Kier molecular flexibility index (Phi) is 6.12. The average Bonchev–Trinajstić information content (AvgIpc) is 2.62. The predicted molar refractivity (Wildman–Crippen MR) is 103 cm³/mol. The number of aryl methyl sites for hydroxylation is 1. The molecule has 2 fully saturated rings. The molecule has 25 heavy (non-hydrogen) atoms. The van der Waals surface area contributed by atoms with Gasteiger partial charge in [0.05, 0.1) is 4.90 Å². The molecule has 1 aromatic rings. The third-order valence-electron chi connectivity index (χ3n) is 6.09. The normalized spacial score (nSPS) is 29.6. The number of hydrogen-bond donors (Lipinski definition) is 0. The molecular formula is C20H30ClNO2S. The van der Waals surface area contributed by atoms with Crippen LogP contribution in [-0.4, -0.2) is 30.7 Å². The van der Waals surface area contributed by atoms with E-state index in [9.17, 15) is 8.42 Å². The van der Waals surface area contributed by atoms with Gasteiger partial charge in [0.15, 0.2) is 0 Å². The van der Waals surface area contributed by atoms with Crippen molar-refractivity contribution in [3.8, 4) is 0 Å². The highest BCUT2D eigenvalue weighted by molar-refractivity contribution is 7.89. The van der Waals surface area contributed by atoms with Crippen LogP contribution < -0.4 is 0 Å². The largest absolute Gasteiger partial charge is 0.243 e. The van der Waals surface area contributed by atoms with Gasteiger partial charge in [-0.05, 0) is 50.2 Å². The summed E-state index contributed by atoms with van der Waals surface area (Å²) in [5.41, 5.74) is 1.08. The topological polar surface area (TPSA) is 37.4 Å². The summed E-state index contributed by atoms with van der Waals surface area (Å²) in [6, 6.07) is 7.31. The molecule has 140 valence electrons. The smallest absolute Gasteiger partial charge is 0.207 e. The molecule has 0 unspecified atom stereocenters. The van der Waals surface area contributed by atoms with Crippen LogP contribution in [0, 0.1) is 18.8 Å². The number of alkyl halides is 1. The fraction of sp³-hybridized carbons (Fsp3) is 0.700. The van der Waals surface area contributed by atoms with E-state index in [1.54, 1.807) is 16.4 Å². The lowest BCUT2D eigenvalue weighted by Crippen LogP contribution is -2.55. The first-order valence-electron chi connectivity index (χ1n) is 9.67. The molecule has 0 radical (unpaired) electrons. The Balaban J connectivity index is 1.97. The maximum atomic E-state index is 13.4. The van der Waals surface area contributed by atoms with Gasteiger partial charge < -0.3 is 0 Å². The molecule has 1 saturated carbocycles. The number of rotatable bonds is 4. The monoisotopic (exact) mass is 383 g/mol. The van der Waals surface area contributed by atoms with Crippen molar-refractivity contribution in [2.24, 2.45) is 11.8 Å². The van der Waals surface area contributed by atoms with Crippen molar-refractivity contribution in [2.75, 3.05) is 6.54 Å². The lowest BCUT2D eigenvalue weighted by atomic mass is 9.74. The van der Waals surface area contributed by atoms with Gasteiger partial charge in [-0.3, -0.25) is 0 Å². The van der Waals surface area contributed by atoms with Gasteiger partial charge in [0, 0.05) is 18.0 Å². The van der Waals surface area contributed by atoms with Crippen molar-refractivity contribution < 1.29 is 8.42 Å². The van der Waals surface area contributed by atoms with E-state index in [1.807, 2.05) is 19.1 Å². The molecular weight excluding hydrogens is 354 g/mol. The molecule has 3 nitrogen and oxygen atoms in total. The lowest BCUT2D eigenvalue weighted by molar-refractivity contribution is 0.0969. The molecule has 3 atom stereocenters. The Morgan fingerprint density at radius 3 is 2.32 bits per heavy atom. The number of nitrogens with zero attached hydrogens (tertiary/aromatic N) is 1. The van der Waals surface area contributed by atoms with Gasteiger partial charge in [-0.15, -0.1) is 11.6 Å². The Bertz CT molecular complexity index is 667. The van der Waals surface area contributed by atoms with Crippen molar-refractivity contribution in [3.05, 3.63) is 29.8 Å². The molecule has 1 aliphatic heterocycles. The van der Waals surface area contributed by atoms with Gasteiger partial charge in [-0.25, -0.2) is 8.42 Å². The van der Waals surface area contributed by atoms with Crippen LogP contribution in [0.25, 0.3) is 0 Å². The SMILES string of the molecule is CC[C@@H]1[C@H](Cl)CCN(S(=O)(=O)c2ccc(C)cc2)[C@H]1C1CCCCC1. The summed E-state index contributed by atoms with van der Waals surface area (Å²) in [6.07, 6.45) is 7.64. The average molecular weight is 384 g/mol. The van der Waals surface area contributed by atoms with Gasteiger partial charge in [-0.2, -0.15) is 4.31 Å². The minimum absolute atomic E-state index is 0.0489. The summed E-state index contributed by atoms with van der Waals surface area (Å²) in [6.45, 7) is 4.67. The van der Waals surface area contributed by atoms with Crippen molar-refractivity contribution in [1.82, 2.24) is 4.31 Å². The second-order valence-corrected chi connectivity index (χ2v) is 10.1. The van der Waals surface area contributed by atoms with E-state index >= 15 is 0 Å². The summed E-state index contributed by atoms with van der Waals surface area (Å²) in [5, 5.41) is 0.0846. The highest BCUT2D eigenvalue weighted by Gasteiger charge is 2.45. The molecule has 1 saturated heterocycles. The van der Waals surface area contributed by atoms with Gasteiger partial charge in [-0.1, -0.05) is 50.3 Å². The molecule has 0 spiro atoms. The minimum atomic E-state index is -3.47. The van der Waals surface area contributed by atoms with Crippen LogP contribution in [0.15, 0.2) is 29.2 Å². The van der Waals surface area contributed by atoms with Crippen LogP contribution in [0.5, 0.6) is 0 Å². The van der Waals surface area contributed by atoms with E-state index < -0.39 is 10.0 Å². The number of hydrogen-bond acceptors (Lipinski definition) is 2. The van der Waals surface area contributed by atoms with E-state index in [-0.39, 0.29) is 17.3 Å². The summed E-state index contributed by atoms with van der Waals surface area (Å²) >= 11 is 6.66. The van der Waals surface area contributed by atoms with Gasteiger partial charge in [0.25, 0.3) is 0 Å². The van der Waals surface area contributed by atoms with E-state index in [0.717, 1.165) is 31.2 Å². The molecule has 0 N–H and O–H groups in total. The number of halogens is 1. The molecule has 2 aliphatic rings. The number of piperidine rings is 1. The fourth-order valence-electron chi connectivity index (χ4n) is 4.72. The Morgan fingerprint density at radius 1 is 1.08 bits per heavy atom. The van der Waals surface area contributed by atoms with Crippen LogP contribution in [0.4, 0.5) is 0 Å². The Labute approximate surface area is 157 Å². The summed E-state index contributed by atoms with van der Waals surface area (Å²) in [5.74, 6) is 0.694. The zero-order chi connectivity index (χ0) is 18.0. The summed E-state index contributed by atoms with van der Waals surface area (Å²) < 4.78 is 28.6. The van der Waals surface area contributed by atoms with Crippen LogP contribution in [0.3, 0.4) is 0 Å². The maximum Gasteiger partial charge on any atom is 0.243 e. The summed E-state index contributed by atoms with van der Waals surface area (Å²) in [4.78, 5) is 0.418. The fourth-order valence-corrected chi connectivity index (χ4v) is 6.90. The van der Waals surface area contributed by atoms with Crippen LogP contribution in [-0.2, 0) is 10.0 Å². The summed E-state index contributed by atoms with van der Waals surface area (Å²) in [7, 11) is -3.47. The molecule has 3 rings (SSSR count). The maximum absolute atomic E-state index is 13.4. The zero-order valence-corrected chi connectivity index (χ0v) is 16.9. The highest BCUT2D eigenvalue weighted by Crippen LogP contribution is 2.42. The van der Waals surface area contributed by atoms with E-state index in [4.69, 9.17) is 11.6 Å². The molecule has 5 heteroatoms. The zero-order valence-electron chi connectivity index (χ0n) is 15.3. The lowest BCUT2D eigenvalue weighted by Gasteiger charge is -2.47. The first kappa shape index (κ1) is 19.2. The molecule has 1 heterocycles. The number of benzene rings is 1. The van der Waals surface area contributed by atoms with Crippen molar-refractivity contribution in [1.29, 1.82) is 0 Å². The van der Waals surface area contributed by atoms with Crippen LogP contribution >= 0.6 is 11.6 Å². The first-order chi connectivity index (χ1) is 11.9. The molecule has 0 bridgehead atoms. The van der Waals surface area contributed by atoms with Gasteiger partial charge in [0.2, 0.25) is 10.0 Å². The predicted octanol–water partition coefficient (Wildman–Crippen LogP) is 4.97. The molecule has 1 aromatic carbocycles.